The number of carboxylic acid groups (broad SMARTS) is 1. The van der Waals surface area contributed by atoms with E-state index < -0.39 is 22.8 Å². The highest BCUT2D eigenvalue weighted by molar-refractivity contribution is 5.97. The van der Waals surface area contributed by atoms with Gasteiger partial charge in [0.25, 0.3) is 11.6 Å². The largest absolute Gasteiger partial charge is 0.480 e. The van der Waals surface area contributed by atoms with Gasteiger partial charge in [-0.2, -0.15) is 0 Å². The van der Waals surface area contributed by atoms with E-state index in [0.29, 0.717) is 5.56 Å². The highest BCUT2D eigenvalue weighted by Gasteiger charge is 2.22. The van der Waals surface area contributed by atoms with Crippen LogP contribution in [0.2, 0.25) is 0 Å². The zero-order valence-corrected chi connectivity index (χ0v) is 12.9. The molecule has 124 valence electrons. The van der Waals surface area contributed by atoms with Crippen molar-refractivity contribution in [1.82, 2.24) is 5.32 Å². The number of rotatable bonds is 6. The molecule has 0 bridgehead atoms. The molecule has 1 unspecified atom stereocenters. The van der Waals surface area contributed by atoms with Gasteiger partial charge in [0.05, 0.1) is 4.92 Å². The zero-order chi connectivity index (χ0) is 17.7. The molecule has 2 N–H and O–H groups in total. The third-order valence-corrected chi connectivity index (χ3v) is 3.55. The van der Waals surface area contributed by atoms with E-state index in [9.17, 15) is 24.8 Å². The topological polar surface area (TPSA) is 110 Å². The van der Waals surface area contributed by atoms with Crippen molar-refractivity contribution in [2.45, 2.75) is 19.4 Å². The van der Waals surface area contributed by atoms with Crippen LogP contribution in [0.1, 0.15) is 21.5 Å². The lowest BCUT2D eigenvalue weighted by atomic mass is 10.0. The van der Waals surface area contributed by atoms with Gasteiger partial charge in [-0.15, -0.1) is 0 Å². The van der Waals surface area contributed by atoms with E-state index in [0.717, 1.165) is 11.6 Å². The molecule has 0 saturated carbocycles. The molecule has 2 aromatic carbocycles. The fraction of sp³-hybridized carbons (Fsp3) is 0.176. The van der Waals surface area contributed by atoms with Gasteiger partial charge >= 0.3 is 5.97 Å². The van der Waals surface area contributed by atoms with E-state index in [1.807, 2.05) is 6.07 Å². The van der Waals surface area contributed by atoms with Gasteiger partial charge in [0.15, 0.2) is 0 Å². The van der Waals surface area contributed by atoms with Crippen molar-refractivity contribution in [3.8, 4) is 0 Å². The Morgan fingerprint density at radius 1 is 1.21 bits per heavy atom. The van der Waals surface area contributed by atoms with Gasteiger partial charge in [0.2, 0.25) is 0 Å². The molecule has 1 atom stereocenters. The summed E-state index contributed by atoms with van der Waals surface area (Å²) in [6.45, 7) is 1.56. The molecular weight excluding hydrogens is 312 g/mol. The van der Waals surface area contributed by atoms with E-state index in [4.69, 9.17) is 0 Å². The Morgan fingerprint density at radius 3 is 2.46 bits per heavy atom. The van der Waals surface area contributed by atoms with Crippen molar-refractivity contribution in [1.29, 1.82) is 0 Å². The molecule has 2 rings (SSSR count). The first-order chi connectivity index (χ1) is 11.4. The molecule has 24 heavy (non-hydrogen) atoms. The highest BCUT2D eigenvalue weighted by atomic mass is 16.6. The Labute approximate surface area is 138 Å². The third-order valence-electron chi connectivity index (χ3n) is 3.55. The van der Waals surface area contributed by atoms with Crippen LogP contribution in [-0.2, 0) is 11.2 Å². The van der Waals surface area contributed by atoms with Crippen molar-refractivity contribution in [3.63, 3.8) is 0 Å². The predicted octanol–water partition coefficient (Wildman–Crippen LogP) is 2.33. The highest BCUT2D eigenvalue weighted by Crippen LogP contribution is 2.19. The summed E-state index contributed by atoms with van der Waals surface area (Å²) in [5.41, 5.74) is 1.06. The van der Waals surface area contributed by atoms with Crippen molar-refractivity contribution < 1.29 is 19.6 Å². The average Bonchev–Trinajstić information content (AvgIpc) is 2.55. The van der Waals surface area contributed by atoms with Crippen LogP contribution in [0.15, 0.2) is 48.5 Å². The lowest BCUT2D eigenvalue weighted by Crippen LogP contribution is -2.42. The molecule has 0 radical (unpaired) electrons. The normalized spacial score (nSPS) is 11.5. The first-order valence-corrected chi connectivity index (χ1v) is 7.21. The van der Waals surface area contributed by atoms with Crippen molar-refractivity contribution in [2.24, 2.45) is 0 Å². The van der Waals surface area contributed by atoms with Crippen LogP contribution in [0.4, 0.5) is 5.69 Å². The number of carbonyl (C=O) groups excluding carboxylic acids is 1. The molecule has 0 saturated heterocycles. The van der Waals surface area contributed by atoms with Crippen LogP contribution in [0.25, 0.3) is 0 Å². The summed E-state index contributed by atoms with van der Waals surface area (Å²) >= 11 is 0. The number of carbonyl (C=O) groups is 2. The van der Waals surface area contributed by atoms with Gasteiger partial charge < -0.3 is 10.4 Å². The summed E-state index contributed by atoms with van der Waals surface area (Å²) in [4.78, 5) is 34.0. The summed E-state index contributed by atoms with van der Waals surface area (Å²) in [6.07, 6.45) is 0.121. The number of hydrogen-bond acceptors (Lipinski definition) is 4. The van der Waals surface area contributed by atoms with Gasteiger partial charge in [-0.05, 0) is 18.6 Å². The molecule has 7 nitrogen and oxygen atoms in total. The SMILES string of the molecule is Cc1ccc(C(=O)NC(Cc2ccccc2)C(=O)O)cc1[N+](=O)[O-]. The molecule has 1 amide bonds. The van der Waals surface area contributed by atoms with Gasteiger partial charge in [-0.25, -0.2) is 4.79 Å². The predicted molar refractivity (Wildman–Crippen MR) is 86.9 cm³/mol. The van der Waals surface area contributed by atoms with Gasteiger partial charge in [-0.3, -0.25) is 14.9 Å². The van der Waals surface area contributed by atoms with Crippen molar-refractivity contribution >= 4 is 17.6 Å². The van der Waals surface area contributed by atoms with E-state index in [-0.39, 0.29) is 17.7 Å². The lowest BCUT2D eigenvalue weighted by molar-refractivity contribution is -0.385. The maximum absolute atomic E-state index is 12.2. The van der Waals surface area contributed by atoms with Gasteiger partial charge in [0.1, 0.15) is 6.04 Å². The zero-order valence-electron chi connectivity index (χ0n) is 12.9. The Bertz CT molecular complexity index is 774. The minimum absolute atomic E-state index is 0.0478. The van der Waals surface area contributed by atoms with Crippen LogP contribution in [0.5, 0.6) is 0 Å². The van der Waals surface area contributed by atoms with E-state index in [2.05, 4.69) is 5.32 Å². The van der Waals surface area contributed by atoms with Crippen LogP contribution in [0.3, 0.4) is 0 Å². The number of amides is 1. The van der Waals surface area contributed by atoms with Crippen molar-refractivity contribution in [3.05, 3.63) is 75.3 Å². The minimum atomic E-state index is -1.17. The monoisotopic (exact) mass is 328 g/mol. The second-order valence-electron chi connectivity index (χ2n) is 5.31. The van der Waals surface area contributed by atoms with Gasteiger partial charge in [-0.1, -0.05) is 36.4 Å². The second kappa shape index (κ2) is 7.36. The molecular formula is C17H16N2O5. The third kappa shape index (κ3) is 4.16. The fourth-order valence-corrected chi connectivity index (χ4v) is 2.24. The first kappa shape index (κ1) is 17.1. The van der Waals surface area contributed by atoms with E-state index in [1.54, 1.807) is 31.2 Å². The number of nitrogens with zero attached hydrogens (tertiary/aromatic N) is 1. The van der Waals surface area contributed by atoms with Crippen LogP contribution >= 0.6 is 0 Å². The smallest absolute Gasteiger partial charge is 0.326 e. The molecule has 7 heteroatoms. The Kier molecular flexibility index (Phi) is 5.26. The molecule has 0 aliphatic carbocycles. The van der Waals surface area contributed by atoms with Gasteiger partial charge in [0, 0.05) is 23.6 Å². The summed E-state index contributed by atoms with van der Waals surface area (Å²) in [5.74, 6) is -1.84. The first-order valence-electron chi connectivity index (χ1n) is 7.21. The van der Waals surface area contributed by atoms with E-state index >= 15 is 0 Å². The quantitative estimate of drug-likeness (QED) is 0.625. The van der Waals surface area contributed by atoms with Crippen LogP contribution in [0, 0.1) is 17.0 Å². The summed E-state index contributed by atoms with van der Waals surface area (Å²) in [7, 11) is 0. The molecule has 0 heterocycles. The molecule has 2 aromatic rings. The number of nitro benzene ring substituents is 1. The average molecular weight is 328 g/mol. The number of nitro groups is 1. The Hall–Kier alpha value is -3.22. The lowest BCUT2D eigenvalue weighted by Gasteiger charge is -2.15. The van der Waals surface area contributed by atoms with Crippen LogP contribution in [-0.4, -0.2) is 27.9 Å². The van der Waals surface area contributed by atoms with E-state index in [1.165, 1.54) is 12.1 Å². The number of benzene rings is 2. The molecule has 0 spiro atoms. The maximum atomic E-state index is 12.2. The number of carboxylic acids is 1. The standard InChI is InChI=1S/C17H16N2O5/c1-11-7-8-13(10-15(11)19(23)24)16(20)18-14(17(21)22)9-12-5-3-2-4-6-12/h2-8,10,14H,9H2,1H3,(H,18,20)(H,21,22). The summed E-state index contributed by atoms with van der Waals surface area (Å²) < 4.78 is 0. The van der Waals surface area contributed by atoms with Crippen molar-refractivity contribution in [2.75, 3.05) is 0 Å². The number of nitrogens with one attached hydrogen (secondary N) is 1. The second-order valence-corrected chi connectivity index (χ2v) is 5.31. The maximum Gasteiger partial charge on any atom is 0.326 e. The Morgan fingerprint density at radius 2 is 1.88 bits per heavy atom. The number of aryl methyl sites for hydroxylation is 1. The molecule has 0 aliphatic heterocycles. The number of aliphatic carboxylic acids is 1. The minimum Gasteiger partial charge on any atom is -0.480 e. The number of hydrogen-bond donors (Lipinski definition) is 2. The Balaban J connectivity index is 2.18. The molecule has 0 fully saturated rings. The molecule has 0 aromatic heterocycles. The summed E-state index contributed by atoms with van der Waals surface area (Å²) in [6, 6.07) is 11.8. The summed E-state index contributed by atoms with van der Waals surface area (Å²) in [5, 5.41) is 22.6. The van der Waals surface area contributed by atoms with Crippen LogP contribution < -0.4 is 5.32 Å². The molecule has 0 aliphatic rings. The fourth-order valence-electron chi connectivity index (χ4n) is 2.24.